The van der Waals surface area contributed by atoms with Crippen molar-refractivity contribution in [1.29, 1.82) is 0 Å². The Morgan fingerprint density at radius 3 is 2.76 bits per heavy atom. The highest BCUT2D eigenvalue weighted by molar-refractivity contribution is 5.82. The van der Waals surface area contributed by atoms with E-state index in [4.69, 9.17) is 4.42 Å². The lowest BCUT2D eigenvalue weighted by molar-refractivity contribution is -0.136. The van der Waals surface area contributed by atoms with E-state index in [9.17, 15) is 4.79 Å². The Bertz CT molecular complexity index is 480. The third kappa shape index (κ3) is 3.30. The number of amides is 1. The fourth-order valence-electron chi connectivity index (χ4n) is 3.29. The minimum absolute atomic E-state index is 0.0401. The van der Waals surface area contributed by atoms with Crippen LogP contribution in [0.1, 0.15) is 31.3 Å². The number of aryl methyl sites for hydroxylation is 1. The third-order valence-electron chi connectivity index (χ3n) is 4.50. The van der Waals surface area contributed by atoms with Crippen LogP contribution in [-0.2, 0) is 17.8 Å². The number of hydrogen-bond donors (Lipinski definition) is 1. The summed E-state index contributed by atoms with van der Waals surface area (Å²) < 4.78 is 5.79. The highest BCUT2D eigenvalue weighted by Crippen LogP contribution is 2.23. The van der Waals surface area contributed by atoms with Gasteiger partial charge in [-0.3, -0.25) is 9.69 Å². The number of nitrogens with zero attached hydrogens (tertiary/aromatic N) is 2. The van der Waals surface area contributed by atoms with E-state index in [2.05, 4.69) is 17.1 Å². The van der Waals surface area contributed by atoms with Crippen molar-refractivity contribution in [3.63, 3.8) is 0 Å². The summed E-state index contributed by atoms with van der Waals surface area (Å²) in [5.74, 6) is 2.30. The summed E-state index contributed by atoms with van der Waals surface area (Å²) in [5.41, 5.74) is 0. The van der Waals surface area contributed by atoms with Crippen molar-refractivity contribution in [3.05, 3.63) is 23.7 Å². The molecule has 0 bridgehead atoms. The summed E-state index contributed by atoms with van der Waals surface area (Å²) in [6.07, 6.45) is 3.00. The van der Waals surface area contributed by atoms with Crippen LogP contribution in [0.5, 0.6) is 0 Å². The van der Waals surface area contributed by atoms with Crippen LogP contribution < -0.4 is 5.32 Å². The first-order valence-electron chi connectivity index (χ1n) is 8.09. The second-order valence-electron chi connectivity index (χ2n) is 5.93. The smallest absolute Gasteiger partial charge is 0.240 e. The summed E-state index contributed by atoms with van der Waals surface area (Å²) in [5, 5.41) is 3.30. The minimum Gasteiger partial charge on any atom is -0.465 e. The van der Waals surface area contributed by atoms with E-state index >= 15 is 0 Å². The molecule has 1 N–H and O–H groups in total. The Morgan fingerprint density at radius 1 is 1.29 bits per heavy atom. The number of rotatable bonds is 4. The first-order chi connectivity index (χ1) is 10.3. The van der Waals surface area contributed by atoms with Gasteiger partial charge in [-0.05, 0) is 31.5 Å². The van der Waals surface area contributed by atoms with Crippen LogP contribution in [0.25, 0.3) is 0 Å². The van der Waals surface area contributed by atoms with Gasteiger partial charge in [-0.1, -0.05) is 6.92 Å². The lowest BCUT2D eigenvalue weighted by Crippen LogP contribution is -2.52. The van der Waals surface area contributed by atoms with Gasteiger partial charge in [-0.15, -0.1) is 0 Å². The molecule has 5 heteroatoms. The van der Waals surface area contributed by atoms with Gasteiger partial charge in [0, 0.05) is 32.6 Å². The van der Waals surface area contributed by atoms with Gasteiger partial charge < -0.3 is 14.6 Å². The first-order valence-corrected chi connectivity index (χ1v) is 8.09. The number of piperazine rings is 1. The van der Waals surface area contributed by atoms with Crippen molar-refractivity contribution in [2.24, 2.45) is 0 Å². The maximum Gasteiger partial charge on any atom is 0.240 e. The van der Waals surface area contributed by atoms with E-state index < -0.39 is 0 Å². The molecular weight excluding hydrogens is 266 g/mol. The number of carbonyl (C=O) groups excluding carboxylic acids is 1. The van der Waals surface area contributed by atoms with Crippen LogP contribution in [0.15, 0.2) is 16.5 Å². The molecule has 1 unspecified atom stereocenters. The second kappa shape index (κ2) is 6.62. The highest BCUT2D eigenvalue weighted by atomic mass is 16.3. The Kier molecular flexibility index (Phi) is 4.60. The average molecular weight is 291 g/mol. The quantitative estimate of drug-likeness (QED) is 0.907. The summed E-state index contributed by atoms with van der Waals surface area (Å²) in [6, 6.07) is 4.13. The van der Waals surface area contributed by atoms with Gasteiger partial charge in [0.15, 0.2) is 0 Å². The highest BCUT2D eigenvalue weighted by Gasteiger charge is 2.34. The lowest BCUT2D eigenvalue weighted by atomic mass is 10.1. The van der Waals surface area contributed by atoms with E-state index in [1.54, 1.807) is 0 Å². The van der Waals surface area contributed by atoms with Crippen LogP contribution in [0.2, 0.25) is 0 Å². The predicted octanol–water partition coefficient (Wildman–Crippen LogP) is 1.24. The molecule has 0 saturated carbocycles. The Hall–Kier alpha value is -1.33. The van der Waals surface area contributed by atoms with E-state index in [1.807, 2.05) is 17.0 Å². The van der Waals surface area contributed by atoms with E-state index in [1.165, 1.54) is 0 Å². The molecule has 2 saturated heterocycles. The van der Waals surface area contributed by atoms with Crippen molar-refractivity contribution in [2.75, 3.05) is 32.7 Å². The number of likely N-dealkylation sites (tertiary alicyclic amines) is 1. The molecule has 0 spiro atoms. The molecule has 1 aromatic heterocycles. The zero-order valence-corrected chi connectivity index (χ0v) is 12.8. The van der Waals surface area contributed by atoms with E-state index in [0.29, 0.717) is 5.91 Å². The molecular formula is C16H25N3O2. The molecule has 21 heavy (non-hydrogen) atoms. The lowest BCUT2D eigenvalue weighted by Gasteiger charge is -2.32. The van der Waals surface area contributed by atoms with Crippen LogP contribution in [0.3, 0.4) is 0 Å². The van der Waals surface area contributed by atoms with Crippen molar-refractivity contribution >= 4 is 5.91 Å². The summed E-state index contributed by atoms with van der Waals surface area (Å²) in [4.78, 5) is 17.0. The largest absolute Gasteiger partial charge is 0.465 e. The second-order valence-corrected chi connectivity index (χ2v) is 5.93. The van der Waals surface area contributed by atoms with Gasteiger partial charge >= 0.3 is 0 Å². The summed E-state index contributed by atoms with van der Waals surface area (Å²) in [6.45, 7) is 7.34. The van der Waals surface area contributed by atoms with Gasteiger partial charge in [0.25, 0.3) is 0 Å². The molecule has 0 aromatic carbocycles. The standard InChI is InChI=1S/C16H25N3O2/c1-2-13-5-6-14(21-13)12-19-9-3-4-15(19)16(20)18-10-7-17-8-11-18/h5-6,15,17H,2-4,7-12H2,1H3. The molecule has 1 amide bonds. The van der Waals surface area contributed by atoms with Gasteiger partial charge in [0.1, 0.15) is 11.5 Å². The molecule has 5 nitrogen and oxygen atoms in total. The predicted molar refractivity (Wildman–Crippen MR) is 81.0 cm³/mol. The van der Waals surface area contributed by atoms with Crippen molar-refractivity contribution in [1.82, 2.24) is 15.1 Å². The number of furan rings is 1. The molecule has 1 aromatic rings. The van der Waals surface area contributed by atoms with Crippen LogP contribution in [-0.4, -0.2) is 54.5 Å². The summed E-state index contributed by atoms with van der Waals surface area (Å²) in [7, 11) is 0. The Morgan fingerprint density at radius 2 is 2.05 bits per heavy atom. The Balaban J connectivity index is 1.62. The average Bonchev–Trinajstić information content (AvgIpc) is 3.17. The molecule has 0 radical (unpaired) electrons. The first kappa shape index (κ1) is 14.6. The van der Waals surface area contributed by atoms with E-state index in [-0.39, 0.29) is 6.04 Å². The third-order valence-corrected chi connectivity index (χ3v) is 4.50. The fraction of sp³-hybridized carbons (Fsp3) is 0.688. The topological polar surface area (TPSA) is 48.7 Å². The molecule has 1 atom stereocenters. The zero-order chi connectivity index (χ0) is 14.7. The SMILES string of the molecule is CCc1ccc(CN2CCCC2C(=O)N2CCNCC2)o1. The van der Waals surface area contributed by atoms with Gasteiger partial charge in [-0.25, -0.2) is 0 Å². The molecule has 116 valence electrons. The molecule has 2 aliphatic heterocycles. The van der Waals surface area contributed by atoms with Gasteiger partial charge in [-0.2, -0.15) is 0 Å². The fourth-order valence-corrected chi connectivity index (χ4v) is 3.29. The minimum atomic E-state index is 0.0401. The normalized spacial score (nSPS) is 23.7. The van der Waals surface area contributed by atoms with Gasteiger partial charge in [0.2, 0.25) is 5.91 Å². The Labute approximate surface area is 126 Å². The van der Waals surface area contributed by atoms with Gasteiger partial charge in [0.05, 0.1) is 12.6 Å². The van der Waals surface area contributed by atoms with Crippen molar-refractivity contribution in [2.45, 2.75) is 38.8 Å². The molecule has 2 aliphatic rings. The molecule has 3 heterocycles. The van der Waals surface area contributed by atoms with Crippen molar-refractivity contribution < 1.29 is 9.21 Å². The number of carbonyl (C=O) groups is 1. The maximum absolute atomic E-state index is 12.7. The molecule has 3 rings (SSSR count). The molecule has 2 fully saturated rings. The maximum atomic E-state index is 12.7. The van der Waals surface area contributed by atoms with Crippen molar-refractivity contribution in [3.8, 4) is 0 Å². The van der Waals surface area contributed by atoms with E-state index in [0.717, 1.165) is 70.1 Å². The van der Waals surface area contributed by atoms with Crippen LogP contribution in [0, 0.1) is 0 Å². The zero-order valence-electron chi connectivity index (χ0n) is 12.8. The van der Waals surface area contributed by atoms with Crippen LogP contribution in [0.4, 0.5) is 0 Å². The monoisotopic (exact) mass is 291 g/mol. The molecule has 0 aliphatic carbocycles. The number of hydrogen-bond acceptors (Lipinski definition) is 4. The number of nitrogens with one attached hydrogen (secondary N) is 1. The van der Waals surface area contributed by atoms with Crippen LogP contribution >= 0.6 is 0 Å². The summed E-state index contributed by atoms with van der Waals surface area (Å²) >= 11 is 0.